The highest BCUT2D eigenvalue weighted by atomic mass is 16.5. The van der Waals surface area contributed by atoms with E-state index < -0.39 is 11.5 Å². The van der Waals surface area contributed by atoms with Gasteiger partial charge in [0.1, 0.15) is 24.0 Å². The van der Waals surface area contributed by atoms with Crippen molar-refractivity contribution >= 4 is 22.8 Å². The first kappa shape index (κ1) is 25.8. The molecule has 0 bridgehead atoms. The molecule has 214 valence electrons. The predicted molar refractivity (Wildman–Crippen MR) is 149 cm³/mol. The van der Waals surface area contributed by atoms with Gasteiger partial charge in [-0.05, 0) is 82.1 Å². The lowest BCUT2D eigenvalue weighted by molar-refractivity contribution is -0.0848. The molecular formula is C30H34N6O5. The third-order valence-electron chi connectivity index (χ3n) is 8.52. The number of nitrogens with zero attached hydrogens (tertiary/aromatic N) is 4. The molecule has 4 heterocycles. The number of carbonyl (C=O) groups is 2. The van der Waals surface area contributed by atoms with Crippen LogP contribution in [0.2, 0.25) is 0 Å². The Morgan fingerprint density at radius 3 is 2.63 bits per heavy atom. The highest BCUT2D eigenvalue weighted by Gasteiger charge is 2.54. The Balaban J connectivity index is 0.980. The minimum Gasteiger partial charge on any atom is -0.489 e. The largest absolute Gasteiger partial charge is 0.489 e. The number of nitrogens with two attached hydrogens (primary N) is 1. The summed E-state index contributed by atoms with van der Waals surface area (Å²) in [7, 11) is 0. The second kappa shape index (κ2) is 9.20. The molecule has 0 aromatic carbocycles. The number of pyridine rings is 2. The van der Waals surface area contributed by atoms with Crippen molar-refractivity contribution < 1.29 is 24.2 Å². The lowest BCUT2D eigenvalue weighted by atomic mass is 9.53. The predicted octanol–water partition coefficient (Wildman–Crippen LogP) is 3.23. The monoisotopic (exact) mass is 558 g/mol. The normalized spacial score (nSPS) is 23.8. The first-order chi connectivity index (χ1) is 19.6. The van der Waals surface area contributed by atoms with Gasteiger partial charge in [-0.25, -0.2) is 9.03 Å². The van der Waals surface area contributed by atoms with Crippen molar-refractivity contribution in [3.8, 4) is 11.6 Å². The van der Waals surface area contributed by atoms with Crippen molar-refractivity contribution in [3.05, 3.63) is 59.5 Å². The van der Waals surface area contributed by atoms with Crippen molar-refractivity contribution in [2.75, 3.05) is 6.61 Å². The molecule has 2 amide bonds. The zero-order chi connectivity index (χ0) is 28.5. The number of nitrogens with one attached hydrogen (secondary N) is 1. The van der Waals surface area contributed by atoms with E-state index in [0.29, 0.717) is 28.3 Å². The lowest BCUT2D eigenvalue weighted by Gasteiger charge is -2.57. The van der Waals surface area contributed by atoms with Crippen LogP contribution in [-0.4, -0.2) is 60.5 Å². The van der Waals surface area contributed by atoms with Crippen molar-refractivity contribution in [3.63, 3.8) is 0 Å². The van der Waals surface area contributed by atoms with Crippen LogP contribution in [0, 0.1) is 5.41 Å². The van der Waals surface area contributed by atoms with Crippen LogP contribution in [0.5, 0.6) is 11.6 Å². The second-order valence-corrected chi connectivity index (χ2v) is 12.6. The van der Waals surface area contributed by atoms with Crippen molar-refractivity contribution in [1.82, 2.24) is 24.5 Å². The Hall–Kier alpha value is -4.12. The molecule has 3 aliphatic carbocycles. The van der Waals surface area contributed by atoms with E-state index in [-0.39, 0.29) is 36.0 Å². The second-order valence-electron chi connectivity index (χ2n) is 12.6. The number of primary amides is 1. The number of ether oxygens (including phenoxy) is 2. The van der Waals surface area contributed by atoms with E-state index in [0.717, 1.165) is 49.7 Å². The number of hydrogen-bond donors (Lipinski definition) is 3. The summed E-state index contributed by atoms with van der Waals surface area (Å²) in [5.41, 5.74) is 8.00. The maximum atomic E-state index is 13.3. The van der Waals surface area contributed by atoms with Crippen molar-refractivity contribution in [2.45, 2.75) is 76.0 Å². The van der Waals surface area contributed by atoms with Crippen LogP contribution >= 0.6 is 0 Å². The molecule has 7 rings (SSSR count). The first-order valence-corrected chi connectivity index (χ1v) is 14.2. The standard InChI is InChI=1S/C30H34N6O5/c1-29(2,39)16-40-23-9-8-21-20(15-32-36(21)25(23)17-6-7-17)27(38)33-18-11-30(12-18)13-19(14-30)41-28-24(26(31)37)22-5-3-4-10-35(22)34-28/h3-5,8-10,15,17-19,39H,6-7,11-14,16H2,1-2H3,(H2,31,37)(H,33,38)/t18-,19-,30?. The summed E-state index contributed by atoms with van der Waals surface area (Å²) in [4.78, 5) is 25.3. The number of aliphatic hydroxyl groups is 1. The highest BCUT2D eigenvalue weighted by Crippen LogP contribution is 2.57. The minimum absolute atomic E-state index is 0.0389. The molecule has 4 N–H and O–H groups in total. The Labute approximate surface area is 236 Å². The van der Waals surface area contributed by atoms with Gasteiger partial charge in [0.05, 0.1) is 34.1 Å². The van der Waals surface area contributed by atoms with Gasteiger partial charge in [0.25, 0.3) is 11.8 Å². The van der Waals surface area contributed by atoms with E-state index in [1.807, 2.05) is 28.8 Å². The van der Waals surface area contributed by atoms with Crippen LogP contribution < -0.4 is 20.5 Å². The number of amides is 2. The lowest BCUT2D eigenvalue weighted by Crippen LogP contribution is -2.58. The van der Waals surface area contributed by atoms with Gasteiger partial charge >= 0.3 is 0 Å². The van der Waals surface area contributed by atoms with Gasteiger partial charge in [-0.2, -0.15) is 5.10 Å². The molecule has 41 heavy (non-hydrogen) atoms. The number of carbonyl (C=O) groups excluding carboxylic acids is 2. The molecule has 3 fully saturated rings. The smallest absolute Gasteiger partial charge is 0.256 e. The molecule has 3 aliphatic rings. The van der Waals surface area contributed by atoms with Gasteiger partial charge in [-0.1, -0.05) is 6.07 Å². The van der Waals surface area contributed by atoms with Gasteiger partial charge < -0.3 is 25.6 Å². The molecule has 3 saturated carbocycles. The van der Waals surface area contributed by atoms with Gasteiger partial charge in [-0.3, -0.25) is 9.59 Å². The van der Waals surface area contributed by atoms with E-state index in [2.05, 4.69) is 15.5 Å². The topological polar surface area (TPSA) is 145 Å². The average molecular weight is 559 g/mol. The molecular weight excluding hydrogens is 524 g/mol. The fourth-order valence-corrected chi connectivity index (χ4v) is 6.46. The summed E-state index contributed by atoms with van der Waals surface area (Å²) in [6, 6.07) is 9.30. The van der Waals surface area contributed by atoms with Gasteiger partial charge in [-0.15, -0.1) is 5.10 Å². The van der Waals surface area contributed by atoms with E-state index in [1.165, 1.54) is 0 Å². The van der Waals surface area contributed by atoms with Gasteiger partial charge in [0, 0.05) is 18.2 Å². The van der Waals surface area contributed by atoms with Crippen molar-refractivity contribution in [2.24, 2.45) is 11.1 Å². The molecule has 4 aromatic heterocycles. The summed E-state index contributed by atoms with van der Waals surface area (Å²) < 4.78 is 15.5. The fraction of sp³-hybridized carbons (Fsp3) is 0.467. The Bertz CT molecular complexity index is 1670. The van der Waals surface area contributed by atoms with E-state index >= 15 is 0 Å². The number of aromatic nitrogens is 4. The van der Waals surface area contributed by atoms with Crippen molar-refractivity contribution in [1.29, 1.82) is 0 Å². The van der Waals surface area contributed by atoms with Crippen LogP contribution in [0.4, 0.5) is 0 Å². The third kappa shape index (κ3) is 4.67. The SMILES string of the molecule is CC(C)(O)COc1ccc2c(C(=O)N[C@H]3CC4(C3)C[C@H](Oc3nn5ccccc5c3C(N)=O)C4)cnn2c1C1CC1. The summed E-state index contributed by atoms with van der Waals surface area (Å²) in [5.74, 6) is 0.629. The average Bonchev–Trinajstić information content (AvgIpc) is 3.50. The van der Waals surface area contributed by atoms with Crippen LogP contribution in [0.1, 0.15) is 84.7 Å². The molecule has 4 aromatic rings. The van der Waals surface area contributed by atoms with E-state index in [4.69, 9.17) is 15.2 Å². The Morgan fingerprint density at radius 2 is 1.93 bits per heavy atom. The van der Waals surface area contributed by atoms with Gasteiger partial charge in [0.2, 0.25) is 5.88 Å². The molecule has 11 heteroatoms. The molecule has 0 radical (unpaired) electrons. The van der Waals surface area contributed by atoms with Crippen LogP contribution in [0.25, 0.3) is 11.0 Å². The molecule has 0 unspecified atom stereocenters. The van der Waals surface area contributed by atoms with E-state index in [9.17, 15) is 14.7 Å². The molecule has 0 aliphatic heterocycles. The Morgan fingerprint density at radius 1 is 1.15 bits per heavy atom. The van der Waals surface area contributed by atoms with Crippen LogP contribution in [0.3, 0.4) is 0 Å². The maximum Gasteiger partial charge on any atom is 0.256 e. The third-order valence-corrected chi connectivity index (χ3v) is 8.52. The zero-order valence-electron chi connectivity index (χ0n) is 23.2. The summed E-state index contributed by atoms with van der Waals surface area (Å²) in [6.07, 6.45) is 8.91. The molecule has 11 nitrogen and oxygen atoms in total. The van der Waals surface area contributed by atoms with Crippen LogP contribution in [-0.2, 0) is 0 Å². The van der Waals surface area contributed by atoms with E-state index in [1.54, 1.807) is 36.8 Å². The quantitative estimate of drug-likeness (QED) is 0.286. The van der Waals surface area contributed by atoms with Gasteiger partial charge in [0.15, 0.2) is 0 Å². The summed E-state index contributed by atoms with van der Waals surface area (Å²) in [5, 5.41) is 22.3. The first-order valence-electron chi connectivity index (χ1n) is 14.2. The van der Waals surface area contributed by atoms with Crippen LogP contribution in [0.15, 0.2) is 42.7 Å². The highest BCUT2D eigenvalue weighted by molar-refractivity contribution is 6.02. The Kier molecular flexibility index (Phi) is 5.79. The fourth-order valence-electron chi connectivity index (χ4n) is 6.46. The number of rotatable bonds is 9. The minimum atomic E-state index is -0.946. The summed E-state index contributed by atoms with van der Waals surface area (Å²) in [6.45, 7) is 3.59. The molecule has 1 spiro atoms. The summed E-state index contributed by atoms with van der Waals surface area (Å²) >= 11 is 0. The number of fused-ring (bicyclic) bond motifs is 2. The number of hydrogen-bond acceptors (Lipinski definition) is 7. The zero-order valence-corrected chi connectivity index (χ0v) is 23.2. The molecule has 0 saturated heterocycles. The maximum absolute atomic E-state index is 13.3. The molecule has 0 atom stereocenters.